The van der Waals surface area contributed by atoms with E-state index in [4.69, 9.17) is 18.9 Å². The van der Waals surface area contributed by atoms with Gasteiger partial charge in [-0.15, -0.1) is 0 Å². The highest BCUT2D eigenvalue weighted by molar-refractivity contribution is 5.70. The van der Waals surface area contributed by atoms with Gasteiger partial charge in [-0.05, 0) is 44.9 Å². The van der Waals surface area contributed by atoms with E-state index >= 15 is 0 Å². The van der Waals surface area contributed by atoms with Crippen LogP contribution in [-0.4, -0.2) is 82.3 Å². The molecule has 9 heteroatoms. The zero-order valence-corrected chi connectivity index (χ0v) is 43.1. The molecule has 0 aromatic carbocycles. The van der Waals surface area contributed by atoms with Crippen LogP contribution in [-0.2, 0) is 33.3 Å². The van der Waals surface area contributed by atoms with E-state index in [0.717, 1.165) is 70.6 Å². The molecule has 0 amide bonds. The largest absolute Gasteiger partial charge is 0.545 e. The minimum atomic E-state index is -1.62. The molecular weight excluding hydrogens is 815 g/mol. The molecule has 0 aromatic heterocycles. The minimum Gasteiger partial charge on any atom is -0.545 e. The number of likely N-dealkylation sites (N-methyl/N-ethyl adjacent to an activating group) is 1. The van der Waals surface area contributed by atoms with Crippen LogP contribution < -0.4 is 5.11 Å². The molecule has 0 fully saturated rings. The summed E-state index contributed by atoms with van der Waals surface area (Å²) in [5, 5.41) is 11.7. The van der Waals surface area contributed by atoms with Gasteiger partial charge in [0.15, 0.2) is 12.4 Å². The van der Waals surface area contributed by atoms with Gasteiger partial charge in [0, 0.05) is 12.8 Å². The number of nitrogens with zero attached hydrogens (tertiary/aromatic N) is 1. The number of esters is 2. The third-order valence-corrected chi connectivity index (χ3v) is 11.9. The number of hydrogen-bond acceptors (Lipinski definition) is 8. The second-order valence-electron chi connectivity index (χ2n) is 19.5. The summed E-state index contributed by atoms with van der Waals surface area (Å²) >= 11 is 0. The Labute approximate surface area is 400 Å². The van der Waals surface area contributed by atoms with Gasteiger partial charge in [-0.3, -0.25) is 9.59 Å². The van der Waals surface area contributed by atoms with Gasteiger partial charge in [-0.1, -0.05) is 224 Å². The van der Waals surface area contributed by atoms with Gasteiger partial charge >= 0.3 is 11.9 Å². The highest BCUT2D eigenvalue weighted by Gasteiger charge is 2.22. The fourth-order valence-electron chi connectivity index (χ4n) is 7.73. The van der Waals surface area contributed by atoms with Crippen LogP contribution in [0.15, 0.2) is 36.5 Å². The fraction of sp³-hybridized carbons (Fsp3) is 0.839. The number of aliphatic carboxylic acids is 1. The van der Waals surface area contributed by atoms with Crippen LogP contribution in [0.5, 0.6) is 0 Å². The van der Waals surface area contributed by atoms with Crippen molar-refractivity contribution in [2.24, 2.45) is 0 Å². The summed E-state index contributed by atoms with van der Waals surface area (Å²) in [4.78, 5) is 37.2. The van der Waals surface area contributed by atoms with Crippen LogP contribution in [0.4, 0.5) is 0 Å². The lowest BCUT2D eigenvalue weighted by molar-refractivity contribution is -0.870. The van der Waals surface area contributed by atoms with Crippen molar-refractivity contribution in [2.75, 3.05) is 47.5 Å². The number of quaternary nitrogens is 1. The number of unbranched alkanes of at least 4 members (excludes halogenated alkanes) is 29. The van der Waals surface area contributed by atoms with Gasteiger partial charge < -0.3 is 33.3 Å². The van der Waals surface area contributed by atoms with E-state index in [1.807, 2.05) is 21.1 Å². The number of carboxylic acids is 1. The van der Waals surface area contributed by atoms with Gasteiger partial charge in [0.05, 0.1) is 40.3 Å². The van der Waals surface area contributed by atoms with E-state index in [1.165, 1.54) is 141 Å². The number of ether oxygens (including phenoxy) is 4. The Balaban J connectivity index is 4.20. The summed E-state index contributed by atoms with van der Waals surface area (Å²) in [6.07, 6.45) is 53.4. The molecule has 380 valence electrons. The zero-order valence-electron chi connectivity index (χ0n) is 43.1. The molecule has 0 rings (SSSR count). The number of carbonyl (C=O) groups is 3. The molecular formula is C56H103NO8. The Hall–Kier alpha value is -2.49. The highest BCUT2D eigenvalue weighted by Crippen LogP contribution is 2.17. The molecule has 2 unspecified atom stereocenters. The second kappa shape index (κ2) is 48.0. The molecule has 0 saturated heterocycles. The zero-order chi connectivity index (χ0) is 47.7. The SMILES string of the molecule is CC/C=C\C/C=C\C/C=C\CCCCCCCC(=O)OC(COC(=O)CCCCCCCCCCCCCCCCCCCCCCCCCCC)COC(OCC[N+](C)(C)C)C(=O)[O-]. The monoisotopic (exact) mass is 918 g/mol. The quantitative estimate of drug-likeness (QED) is 0.0195. The molecule has 0 saturated carbocycles. The molecule has 0 aromatic rings. The third-order valence-electron chi connectivity index (χ3n) is 11.9. The summed E-state index contributed by atoms with van der Waals surface area (Å²) in [5.74, 6) is -2.30. The van der Waals surface area contributed by atoms with Crippen LogP contribution >= 0.6 is 0 Å². The summed E-state index contributed by atoms with van der Waals surface area (Å²) in [6.45, 7) is 4.64. The Morgan fingerprint density at radius 2 is 0.877 bits per heavy atom. The van der Waals surface area contributed by atoms with E-state index < -0.39 is 24.3 Å². The van der Waals surface area contributed by atoms with Crippen molar-refractivity contribution in [2.45, 2.75) is 257 Å². The number of carbonyl (C=O) groups excluding carboxylic acids is 3. The van der Waals surface area contributed by atoms with Gasteiger partial charge in [0.2, 0.25) is 0 Å². The predicted molar refractivity (Wildman–Crippen MR) is 269 cm³/mol. The summed E-state index contributed by atoms with van der Waals surface area (Å²) in [6, 6.07) is 0. The Kier molecular flexibility index (Phi) is 46.1. The maximum atomic E-state index is 12.8. The molecule has 0 radical (unpaired) electrons. The molecule has 0 bridgehead atoms. The lowest BCUT2D eigenvalue weighted by Crippen LogP contribution is -2.44. The van der Waals surface area contributed by atoms with Crippen molar-refractivity contribution in [1.82, 2.24) is 0 Å². The molecule has 0 aliphatic carbocycles. The first-order valence-corrected chi connectivity index (χ1v) is 27.1. The van der Waals surface area contributed by atoms with E-state index in [2.05, 4.69) is 50.3 Å². The second-order valence-corrected chi connectivity index (χ2v) is 19.5. The molecule has 0 heterocycles. The number of allylic oxidation sites excluding steroid dienone is 6. The predicted octanol–water partition coefficient (Wildman–Crippen LogP) is 14.0. The maximum Gasteiger partial charge on any atom is 0.306 e. The minimum absolute atomic E-state index is 0.145. The molecule has 65 heavy (non-hydrogen) atoms. The van der Waals surface area contributed by atoms with Gasteiger partial charge in [-0.25, -0.2) is 0 Å². The van der Waals surface area contributed by atoms with Crippen LogP contribution in [0.1, 0.15) is 245 Å². The lowest BCUT2D eigenvalue weighted by atomic mass is 10.0. The van der Waals surface area contributed by atoms with Crippen molar-refractivity contribution in [1.29, 1.82) is 0 Å². The first-order valence-electron chi connectivity index (χ1n) is 27.1. The summed E-state index contributed by atoms with van der Waals surface area (Å²) in [5.41, 5.74) is 0. The lowest BCUT2D eigenvalue weighted by Gasteiger charge is -2.26. The number of carboxylic acid groups (broad SMARTS) is 1. The average Bonchev–Trinajstić information content (AvgIpc) is 3.27. The molecule has 9 nitrogen and oxygen atoms in total. The van der Waals surface area contributed by atoms with E-state index in [9.17, 15) is 19.5 Å². The van der Waals surface area contributed by atoms with Crippen molar-refractivity contribution in [3.8, 4) is 0 Å². The van der Waals surface area contributed by atoms with E-state index in [1.54, 1.807) is 0 Å². The normalized spacial score (nSPS) is 13.1. The van der Waals surface area contributed by atoms with Gasteiger partial charge in [-0.2, -0.15) is 0 Å². The van der Waals surface area contributed by atoms with Crippen LogP contribution in [0, 0.1) is 0 Å². The summed E-state index contributed by atoms with van der Waals surface area (Å²) in [7, 11) is 5.91. The Morgan fingerprint density at radius 1 is 0.477 bits per heavy atom. The Morgan fingerprint density at radius 3 is 1.31 bits per heavy atom. The molecule has 2 atom stereocenters. The van der Waals surface area contributed by atoms with Gasteiger partial charge in [0.25, 0.3) is 0 Å². The number of rotatable bonds is 50. The molecule has 0 aliphatic rings. The Bertz CT molecular complexity index is 1160. The smallest absolute Gasteiger partial charge is 0.306 e. The first kappa shape index (κ1) is 62.5. The molecule has 0 N–H and O–H groups in total. The van der Waals surface area contributed by atoms with Crippen LogP contribution in [0.3, 0.4) is 0 Å². The topological polar surface area (TPSA) is 111 Å². The van der Waals surface area contributed by atoms with Crippen molar-refractivity contribution >= 4 is 17.9 Å². The van der Waals surface area contributed by atoms with E-state index in [0.29, 0.717) is 23.9 Å². The molecule has 0 spiro atoms. The van der Waals surface area contributed by atoms with Crippen LogP contribution in [0.2, 0.25) is 0 Å². The summed E-state index contributed by atoms with van der Waals surface area (Å²) < 4.78 is 22.6. The molecule has 0 aliphatic heterocycles. The maximum absolute atomic E-state index is 12.8. The van der Waals surface area contributed by atoms with Crippen molar-refractivity contribution in [3.05, 3.63) is 36.5 Å². The standard InChI is InChI=1S/C56H103NO8/c1-6-8-10-12-14-16-18-20-22-23-24-25-26-27-28-29-30-31-33-34-36-38-40-42-44-46-53(58)63-50-52(51-64-56(55(60)61)62-49-48-57(3,4)5)65-54(59)47-45-43-41-39-37-35-32-21-19-17-15-13-11-9-7-2/h9,11,15,17,21,32,52,56H,6-8,10,12-14,16,18-20,22-31,33-51H2,1-5H3/b11-9-,17-15-,32-21-. The first-order chi connectivity index (χ1) is 31.6. The average molecular weight is 918 g/mol. The van der Waals surface area contributed by atoms with Crippen molar-refractivity contribution in [3.63, 3.8) is 0 Å². The highest BCUT2D eigenvalue weighted by atomic mass is 16.7. The van der Waals surface area contributed by atoms with Crippen molar-refractivity contribution < 1.29 is 42.9 Å². The fourth-order valence-corrected chi connectivity index (χ4v) is 7.73. The van der Waals surface area contributed by atoms with E-state index in [-0.39, 0.29) is 32.2 Å². The number of hydrogen-bond donors (Lipinski definition) is 0. The van der Waals surface area contributed by atoms with Gasteiger partial charge in [0.1, 0.15) is 13.2 Å². The van der Waals surface area contributed by atoms with Crippen LogP contribution in [0.25, 0.3) is 0 Å². The third kappa shape index (κ3) is 49.2.